The summed E-state index contributed by atoms with van der Waals surface area (Å²) in [5.41, 5.74) is 1.66. The molecule has 0 atom stereocenters. The first kappa shape index (κ1) is 25.2. The second-order valence-electron chi connectivity index (χ2n) is 9.63. The van der Waals surface area contributed by atoms with Gasteiger partial charge in [-0.05, 0) is 79.1 Å². The van der Waals surface area contributed by atoms with Crippen molar-refractivity contribution in [2.75, 3.05) is 26.3 Å². The van der Waals surface area contributed by atoms with Crippen molar-refractivity contribution < 1.29 is 32.0 Å². The number of benzene rings is 4. The second kappa shape index (κ2) is 9.46. The van der Waals surface area contributed by atoms with Gasteiger partial charge in [0.25, 0.3) is 16.0 Å². The molecule has 0 aliphatic carbocycles. The van der Waals surface area contributed by atoms with Crippen molar-refractivity contribution in [2.24, 2.45) is 5.92 Å². The molecular formula is C28H29NO7S. The fourth-order valence-electron chi connectivity index (χ4n) is 5.46. The van der Waals surface area contributed by atoms with Crippen LogP contribution in [0.2, 0.25) is 0 Å². The molecule has 9 heteroatoms. The summed E-state index contributed by atoms with van der Waals surface area (Å²) in [6.45, 7) is 6.68. The molecule has 0 aromatic heterocycles. The number of amides is 1. The average molecular weight is 524 g/mol. The molecule has 194 valence electrons. The molecule has 8 nitrogen and oxygen atoms in total. The van der Waals surface area contributed by atoms with Gasteiger partial charge in [-0.1, -0.05) is 18.2 Å². The monoisotopic (exact) mass is 523 g/mol. The summed E-state index contributed by atoms with van der Waals surface area (Å²) in [7, 11) is -4.43. The third-order valence-electron chi connectivity index (χ3n) is 7.33. The van der Waals surface area contributed by atoms with E-state index in [-0.39, 0.29) is 29.3 Å². The lowest BCUT2D eigenvalue weighted by molar-refractivity contribution is -0.151. The van der Waals surface area contributed by atoms with E-state index in [1.165, 1.54) is 6.07 Å². The summed E-state index contributed by atoms with van der Waals surface area (Å²) >= 11 is 0. The standard InChI is InChI=1S/C28H29NO7S/c1-4-35-28(31)18-9-11-29(12-10-18)25(30)15-36-23-13-16(2)19-5-6-20-17(3)14-24(37(32,33)34)22-8-7-21(23)26(19)27(20)22/h5-8,13-14,18H,4,9-12,15H2,1-3H3,(H,32,33,34). The Hall–Kier alpha value is -3.43. The fourth-order valence-corrected chi connectivity index (χ4v) is 6.23. The van der Waals surface area contributed by atoms with E-state index in [1.807, 2.05) is 32.0 Å². The van der Waals surface area contributed by atoms with E-state index in [1.54, 1.807) is 24.0 Å². The van der Waals surface area contributed by atoms with Gasteiger partial charge >= 0.3 is 5.97 Å². The van der Waals surface area contributed by atoms with Crippen LogP contribution in [-0.2, 0) is 24.4 Å². The molecule has 1 amide bonds. The van der Waals surface area contributed by atoms with Crippen LogP contribution in [0.3, 0.4) is 0 Å². The maximum Gasteiger partial charge on any atom is 0.309 e. The summed E-state index contributed by atoms with van der Waals surface area (Å²) in [5.74, 6) is -0.0113. The molecule has 37 heavy (non-hydrogen) atoms. The van der Waals surface area contributed by atoms with Crippen molar-refractivity contribution in [3.8, 4) is 5.75 Å². The Balaban J connectivity index is 1.47. The molecule has 1 heterocycles. The van der Waals surface area contributed by atoms with Gasteiger partial charge in [0.05, 0.1) is 12.5 Å². The number of carbonyl (C=O) groups excluding carboxylic acids is 2. The largest absolute Gasteiger partial charge is 0.483 e. The molecule has 1 N–H and O–H groups in total. The van der Waals surface area contributed by atoms with Crippen LogP contribution in [0.4, 0.5) is 0 Å². The maximum absolute atomic E-state index is 12.9. The third kappa shape index (κ3) is 4.46. The van der Waals surface area contributed by atoms with Crippen molar-refractivity contribution in [2.45, 2.75) is 38.5 Å². The first-order valence-corrected chi connectivity index (χ1v) is 13.8. The number of carbonyl (C=O) groups is 2. The molecule has 1 aliphatic rings. The number of ether oxygens (including phenoxy) is 2. The molecular weight excluding hydrogens is 494 g/mol. The molecule has 4 aromatic rings. The Morgan fingerprint density at radius 3 is 2.14 bits per heavy atom. The predicted molar refractivity (Wildman–Crippen MR) is 141 cm³/mol. The van der Waals surface area contributed by atoms with E-state index >= 15 is 0 Å². The normalized spacial score (nSPS) is 15.1. The lowest BCUT2D eigenvalue weighted by Gasteiger charge is -2.30. The number of rotatable bonds is 6. The third-order valence-corrected chi connectivity index (χ3v) is 8.23. The van der Waals surface area contributed by atoms with Crippen LogP contribution in [0.5, 0.6) is 5.75 Å². The van der Waals surface area contributed by atoms with E-state index < -0.39 is 10.1 Å². The van der Waals surface area contributed by atoms with Crippen LogP contribution in [0, 0.1) is 19.8 Å². The molecule has 1 fully saturated rings. The quantitative estimate of drug-likeness (QED) is 0.223. The van der Waals surface area contributed by atoms with Crippen LogP contribution in [0.15, 0.2) is 41.3 Å². The van der Waals surface area contributed by atoms with Gasteiger partial charge in [-0.2, -0.15) is 8.42 Å². The highest BCUT2D eigenvalue weighted by Gasteiger charge is 2.28. The molecule has 0 spiro atoms. The Labute approximate surface area is 215 Å². The zero-order valence-electron chi connectivity index (χ0n) is 21.0. The Morgan fingerprint density at radius 2 is 1.51 bits per heavy atom. The lowest BCUT2D eigenvalue weighted by Crippen LogP contribution is -2.42. The molecule has 4 aromatic carbocycles. The molecule has 0 radical (unpaired) electrons. The number of hydrogen-bond acceptors (Lipinski definition) is 6. The number of nitrogens with zero attached hydrogens (tertiary/aromatic N) is 1. The SMILES string of the molecule is CCOC(=O)C1CCN(C(=O)COc2cc(C)c3ccc4c(C)cc(S(=O)(=O)O)c5ccc2c3c45)CC1. The van der Waals surface area contributed by atoms with Crippen molar-refractivity contribution in [1.82, 2.24) is 4.90 Å². The van der Waals surface area contributed by atoms with E-state index in [0.29, 0.717) is 43.7 Å². The number of piperidine rings is 1. The molecule has 5 rings (SSSR count). The van der Waals surface area contributed by atoms with E-state index in [0.717, 1.165) is 38.1 Å². The fraction of sp³-hybridized carbons (Fsp3) is 0.357. The first-order chi connectivity index (χ1) is 17.6. The molecule has 0 unspecified atom stereocenters. The minimum absolute atomic E-state index is 0.128. The Bertz CT molecular complexity index is 1640. The van der Waals surface area contributed by atoms with E-state index in [9.17, 15) is 22.6 Å². The lowest BCUT2D eigenvalue weighted by atomic mass is 9.90. The van der Waals surface area contributed by atoms with Gasteiger partial charge in [0, 0.05) is 29.2 Å². The molecule has 0 saturated carbocycles. The summed E-state index contributed by atoms with van der Waals surface area (Å²) in [6.07, 6.45) is 1.13. The predicted octanol–water partition coefficient (Wildman–Crippen LogP) is 4.63. The molecule has 1 aliphatic heterocycles. The summed E-state index contributed by atoms with van der Waals surface area (Å²) in [6, 6.07) is 10.8. The van der Waals surface area contributed by atoms with Crippen molar-refractivity contribution in [3.05, 3.63) is 47.5 Å². The Kier molecular flexibility index (Phi) is 6.45. The van der Waals surface area contributed by atoms with E-state index in [2.05, 4.69) is 0 Å². The molecule has 0 bridgehead atoms. The smallest absolute Gasteiger partial charge is 0.309 e. The van der Waals surface area contributed by atoms with Gasteiger partial charge in [-0.3, -0.25) is 14.1 Å². The van der Waals surface area contributed by atoms with Crippen LogP contribution in [0.1, 0.15) is 30.9 Å². The minimum Gasteiger partial charge on any atom is -0.483 e. The van der Waals surface area contributed by atoms with Crippen molar-refractivity contribution in [1.29, 1.82) is 0 Å². The number of likely N-dealkylation sites (tertiary alicyclic amines) is 1. The van der Waals surface area contributed by atoms with Gasteiger partial charge in [0.2, 0.25) is 0 Å². The average Bonchev–Trinajstić information content (AvgIpc) is 2.87. The van der Waals surface area contributed by atoms with Gasteiger partial charge in [0.1, 0.15) is 10.6 Å². The van der Waals surface area contributed by atoms with Crippen LogP contribution in [0.25, 0.3) is 32.3 Å². The highest BCUT2D eigenvalue weighted by atomic mass is 32.2. The number of aryl methyl sites for hydroxylation is 2. The van der Waals surface area contributed by atoms with Gasteiger partial charge in [0.15, 0.2) is 6.61 Å². The van der Waals surface area contributed by atoms with Gasteiger partial charge in [-0.15, -0.1) is 0 Å². The summed E-state index contributed by atoms with van der Waals surface area (Å²) in [4.78, 5) is 26.5. The Morgan fingerprint density at radius 1 is 0.946 bits per heavy atom. The number of hydrogen-bond donors (Lipinski definition) is 1. The van der Waals surface area contributed by atoms with Crippen molar-refractivity contribution in [3.63, 3.8) is 0 Å². The second-order valence-corrected chi connectivity index (χ2v) is 11.0. The topological polar surface area (TPSA) is 110 Å². The van der Waals surface area contributed by atoms with Gasteiger partial charge < -0.3 is 14.4 Å². The maximum atomic E-state index is 12.9. The highest BCUT2D eigenvalue weighted by molar-refractivity contribution is 7.86. The van der Waals surface area contributed by atoms with Crippen LogP contribution >= 0.6 is 0 Å². The number of esters is 1. The summed E-state index contributed by atoms with van der Waals surface area (Å²) in [5, 5.41) is 4.61. The molecule has 1 saturated heterocycles. The van der Waals surface area contributed by atoms with Crippen molar-refractivity contribution >= 4 is 54.3 Å². The zero-order chi connectivity index (χ0) is 26.5. The van der Waals surface area contributed by atoms with Crippen LogP contribution < -0.4 is 4.74 Å². The van der Waals surface area contributed by atoms with E-state index in [4.69, 9.17) is 9.47 Å². The first-order valence-electron chi connectivity index (χ1n) is 12.4. The van der Waals surface area contributed by atoms with Crippen LogP contribution in [-0.4, -0.2) is 56.1 Å². The zero-order valence-corrected chi connectivity index (χ0v) is 21.9. The summed E-state index contributed by atoms with van der Waals surface area (Å²) < 4.78 is 45.3. The highest BCUT2D eigenvalue weighted by Crippen LogP contribution is 2.43. The van der Waals surface area contributed by atoms with Gasteiger partial charge in [-0.25, -0.2) is 0 Å². The minimum atomic E-state index is -4.43.